The Labute approximate surface area is 165 Å². The molecule has 0 unspecified atom stereocenters. The fraction of sp³-hybridized carbons (Fsp3) is 0.316. The summed E-state index contributed by atoms with van der Waals surface area (Å²) in [6, 6.07) is 16.3. The lowest BCUT2D eigenvalue weighted by molar-refractivity contribution is -0.898. The maximum Gasteiger partial charge on any atom is 0.286 e. The average Bonchev–Trinajstić information content (AvgIpc) is 2.59. The van der Waals surface area contributed by atoms with Crippen LogP contribution >= 0.6 is 11.8 Å². The van der Waals surface area contributed by atoms with Gasteiger partial charge in [0.1, 0.15) is 0 Å². The number of carbonyl (C=O) groups excluding carboxylic acids is 1. The zero-order valence-electron chi connectivity index (χ0n) is 14.3. The second kappa shape index (κ2) is 7.89. The predicted molar refractivity (Wildman–Crippen MR) is 96.3 cm³/mol. The minimum absolute atomic E-state index is 0. The number of quaternary nitrogens is 1. The molecule has 0 atom stereocenters. The lowest BCUT2D eigenvalue weighted by atomic mass is 10.2. The SMILES string of the molecule is CC[N+](C)(CC)CC(=O)N1c2ccccc2Sc2ccccc21.[I-]. The van der Waals surface area contributed by atoms with Crippen LogP contribution in [0.5, 0.6) is 0 Å². The number of nitrogens with zero attached hydrogens (tertiary/aromatic N) is 2. The number of rotatable bonds is 4. The molecular formula is C19H23IN2OS. The van der Waals surface area contributed by atoms with E-state index in [0.29, 0.717) is 6.54 Å². The van der Waals surface area contributed by atoms with E-state index in [1.807, 2.05) is 41.3 Å². The number of anilines is 2. The monoisotopic (exact) mass is 454 g/mol. The Hall–Kier alpha value is -1.05. The second-order valence-electron chi connectivity index (χ2n) is 6.18. The number of benzene rings is 2. The summed E-state index contributed by atoms with van der Waals surface area (Å²) in [5.74, 6) is 0.163. The molecule has 0 saturated heterocycles. The van der Waals surface area contributed by atoms with Crippen molar-refractivity contribution in [1.29, 1.82) is 0 Å². The lowest BCUT2D eigenvalue weighted by Crippen LogP contribution is -3.00. The molecule has 0 fully saturated rings. The van der Waals surface area contributed by atoms with Crippen LogP contribution in [0.4, 0.5) is 11.4 Å². The third-order valence-electron chi connectivity index (χ3n) is 4.73. The van der Waals surface area contributed by atoms with Gasteiger partial charge in [-0.15, -0.1) is 0 Å². The summed E-state index contributed by atoms with van der Waals surface area (Å²) < 4.78 is 0.757. The van der Waals surface area contributed by atoms with Crippen LogP contribution in [0, 0.1) is 0 Å². The molecule has 1 heterocycles. The summed E-state index contributed by atoms with van der Waals surface area (Å²) >= 11 is 1.73. The highest BCUT2D eigenvalue weighted by Gasteiger charge is 2.32. The van der Waals surface area contributed by atoms with E-state index in [4.69, 9.17) is 0 Å². The van der Waals surface area contributed by atoms with Crippen LogP contribution in [0.2, 0.25) is 0 Å². The summed E-state index contributed by atoms with van der Waals surface area (Å²) in [6.07, 6.45) is 0. The zero-order chi connectivity index (χ0) is 16.4. The topological polar surface area (TPSA) is 20.3 Å². The van der Waals surface area contributed by atoms with E-state index >= 15 is 0 Å². The highest BCUT2D eigenvalue weighted by atomic mass is 127. The number of likely N-dealkylation sites (N-methyl/N-ethyl adjacent to an activating group) is 1. The summed E-state index contributed by atoms with van der Waals surface area (Å²) in [4.78, 5) is 17.3. The Morgan fingerprint density at radius 2 is 1.42 bits per heavy atom. The summed E-state index contributed by atoms with van der Waals surface area (Å²) in [5, 5.41) is 0. The van der Waals surface area contributed by atoms with Crippen LogP contribution in [0.3, 0.4) is 0 Å². The van der Waals surface area contributed by atoms with Crippen LogP contribution in [-0.4, -0.2) is 37.1 Å². The molecule has 5 heteroatoms. The first kappa shape index (κ1) is 19.3. The molecule has 1 aliphatic heterocycles. The molecule has 128 valence electrons. The van der Waals surface area contributed by atoms with Crippen molar-refractivity contribution in [2.24, 2.45) is 0 Å². The van der Waals surface area contributed by atoms with Crippen LogP contribution in [0.25, 0.3) is 0 Å². The van der Waals surface area contributed by atoms with Crippen LogP contribution < -0.4 is 28.9 Å². The Balaban J connectivity index is 0.00000208. The van der Waals surface area contributed by atoms with Crippen LogP contribution in [-0.2, 0) is 4.79 Å². The number of halogens is 1. The molecule has 2 aromatic rings. The first-order valence-corrected chi connectivity index (χ1v) is 8.92. The molecule has 0 bridgehead atoms. The van der Waals surface area contributed by atoms with E-state index < -0.39 is 0 Å². The molecule has 0 spiro atoms. The summed E-state index contributed by atoms with van der Waals surface area (Å²) in [5.41, 5.74) is 2.00. The summed E-state index contributed by atoms with van der Waals surface area (Å²) in [7, 11) is 2.15. The first-order valence-electron chi connectivity index (χ1n) is 8.10. The van der Waals surface area contributed by atoms with Crippen molar-refractivity contribution in [3.05, 3.63) is 48.5 Å². The van der Waals surface area contributed by atoms with E-state index in [1.54, 1.807) is 11.8 Å². The largest absolute Gasteiger partial charge is 1.00 e. The first-order chi connectivity index (χ1) is 11.1. The number of para-hydroxylation sites is 2. The maximum absolute atomic E-state index is 13.2. The van der Waals surface area contributed by atoms with Gasteiger partial charge < -0.3 is 28.5 Å². The lowest BCUT2D eigenvalue weighted by Gasteiger charge is -2.36. The van der Waals surface area contributed by atoms with Crippen molar-refractivity contribution >= 4 is 29.0 Å². The minimum Gasteiger partial charge on any atom is -1.00 e. The van der Waals surface area contributed by atoms with Gasteiger partial charge >= 0.3 is 0 Å². The number of carbonyl (C=O) groups is 1. The quantitative estimate of drug-likeness (QED) is 0.513. The van der Waals surface area contributed by atoms with Crippen molar-refractivity contribution < 1.29 is 33.3 Å². The minimum atomic E-state index is 0. The number of hydrogen-bond donors (Lipinski definition) is 0. The fourth-order valence-electron chi connectivity index (χ4n) is 2.82. The van der Waals surface area contributed by atoms with Crippen molar-refractivity contribution in [2.45, 2.75) is 23.6 Å². The van der Waals surface area contributed by atoms with Gasteiger partial charge in [0, 0.05) is 9.79 Å². The van der Waals surface area contributed by atoms with Gasteiger partial charge in [-0.25, -0.2) is 0 Å². The zero-order valence-corrected chi connectivity index (χ0v) is 17.3. The molecule has 0 aliphatic carbocycles. The smallest absolute Gasteiger partial charge is 0.286 e. The highest BCUT2D eigenvalue weighted by molar-refractivity contribution is 7.99. The normalized spacial score (nSPS) is 12.9. The van der Waals surface area contributed by atoms with Crippen molar-refractivity contribution in [3.63, 3.8) is 0 Å². The number of fused-ring (bicyclic) bond motifs is 2. The standard InChI is InChI=1S/C19H23N2OS.HI/c1-4-21(3,5-2)14-19(22)20-15-10-6-8-12-17(15)23-18-13-9-7-11-16(18)20;/h6-13H,4-5,14H2,1-3H3;1H/q+1;/p-1. The van der Waals surface area contributed by atoms with Gasteiger partial charge in [0.2, 0.25) is 0 Å². The molecule has 0 saturated carbocycles. The maximum atomic E-state index is 13.2. The fourth-order valence-corrected chi connectivity index (χ4v) is 3.88. The van der Waals surface area contributed by atoms with Gasteiger partial charge in [-0.3, -0.25) is 9.69 Å². The van der Waals surface area contributed by atoms with Gasteiger partial charge in [-0.05, 0) is 38.1 Å². The molecule has 0 N–H and O–H groups in total. The van der Waals surface area contributed by atoms with E-state index in [-0.39, 0.29) is 29.9 Å². The van der Waals surface area contributed by atoms with Gasteiger partial charge in [-0.1, -0.05) is 36.0 Å². The average molecular weight is 454 g/mol. The molecule has 0 radical (unpaired) electrons. The molecule has 2 aromatic carbocycles. The summed E-state index contributed by atoms with van der Waals surface area (Å²) in [6.45, 7) is 6.71. The third kappa shape index (κ3) is 3.63. The van der Waals surface area contributed by atoms with Crippen molar-refractivity contribution in [2.75, 3.05) is 31.6 Å². The highest BCUT2D eigenvalue weighted by Crippen LogP contribution is 2.47. The second-order valence-corrected chi connectivity index (χ2v) is 7.26. The van der Waals surface area contributed by atoms with Crippen LogP contribution in [0.1, 0.15) is 13.8 Å². The Bertz CT molecular complexity index is 685. The molecule has 24 heavy (non-hydrogen) atoms. The third-order valence-corrected chi connectivity index (χ3v) is 5.86. The molecule has 3 rings (SSSR count). The number of hydrogen-bond acceptors (Lipinski definition) is 2. The van der Waals surface area contributed by atoms with E-state index in [2.05, 4.69) is 33.0 Å². The Morgan fingerprint density at radius 3 is 1.88 bits per heavy atom. The number of amides is 1. The Kier molecular flexibility index (Phi) is 6.33. The molecule has 3 nitrogen and oxygen atoms in total. The van der Waals surface area contributed by atoms with E-state index in [9.17, 15) is 4.79 Å². The molecule has 1 amide bonds. The van der Waals surface area contributed by atoms with Gasteiger partial charge in [0.25, 0.3) is 5.91 Å². The van der Waals surface area contributed by atoms with Gasteiger partial charge in [0.05, 0.1) is 31.5 Å². The van der Waals surface area contributed by atoms with Crippen LogP contribution in [0.15, 0.2) is 58.3 Å². The van der Waals surface area contributed by atoms with Gasteiger partial charge in [-0.2, -0.15) is 0 Å². The van der Waals surface area contributed by atoms with Crippen molar-refractivity contribution in [3.8, 4) is 0 Å². The Morgan fingerprint density at radius 1 is 0.958 bits per heavy atom. The van der Waals surface area contributed by atoms with Crippen molar-refractivity contribution in [1.82, 2.24) is 0 Å². The molecular weight excluding hydrogens is 431 g/mol. The van der Waals surface area contributed by atoms with Gasteiger partial charge in [0.15, 0.2) is 6.54 Å². The van der Waals surface area contributed by atoms with E-state index in [0.717, 1.165) is 38.7 Å². The predicted octanol–water partition coefficient (Wildman–Crippen LogP) is 1.31. The molecule has 0 aromatic heterocycles. The molecule has 1 aliphatic rings. The van der Waals surface area contributed by atoms with E-state index in [1.165, 1.54) is 0 Å².